The number of benzene rings is 2. The van der Waals surface area contributed by atoms with Gasteiger partial charge >= 0.3 is 0 Å². The molecule has 0 amide bonds. The van der Waals surface area contributed by atoms with E-state index in [-0.39, 0.29) is 11.6 Å². The SMILES string of the molecule is COc1cc(OCCCBr)c2ncnc(Oc3ccc4[nH]c(C)cc4c3F)c2c1. The number of nitrogens with one attached hydrogen (secondary N) is 1. The first-order valence-corrected chi connectivity index (χ1v) is 10.2. The molecule has 2 heterocycles. The third kappa shape index (κ3) is 3.85. The lowest BCUT2D eigenvalue weighted by molar-refractivity contribution is 0.319. The predicted molar refractivity (Wildman–Crippen MR) is 113 cm³/mol. The van der Waals surface area contributed by atoms with Crippen LogP contribution in [0.15, 0.2) is 36.7 Å². The molecule has 0 aliphatic heterocycles. The van der Waals surface area contributed by atoms with Crippen molar-refractivity contribution in [2.45, 2.75) is 13.3 Å². The van der Waals surface area contributed by atoms with Crippen LogP contribution in [0, 0.1) is 12.7 Å². The Morgan fingerprint density at radius 2 is 1.97 bits per heavy atom. The lowest BCUT2D eigenvalue weighted by atomic mass is 10.2. The molecule has 1 N–H and O–H groups in total. The van der Waals surface area contributed by atoms with E-state index in [1.54, 1.807) is 37.4 Å². The summed E-state index contributed by atoms with van der Waals surface area (Å²) in [6, 6.07) is 8.62. The number of alkyl halides is 1. The summed E-state index contributed by atoms with van der Waals surface area (Å²) in [7, 11) is 1.57. The number of ether oxygens (including phenoxy) is 3. The third-order valence-electron chi connectivity index (χ3n) is 4.46. The van der Waals surface area contributed by atoms with Crippen molar-refractivity contribution in [2.24, 2.45) is 0 Å². The number of fused-ring (bicyclic) bond motifs is 2. The molecule has 0 unspecified atom stereocenters. The first kappa shape index (κ1) is 19.4. The Bertz CT molecular complexity index is 1180. The molecule has 150 valence electrons. The first-order chi connectivity index (χ1) is 14.1. The van der Waals surface area contributed by atoms with Gasteiger partial charge in [0.15, 0.2) is 11.6 Å². The van der Waals surface area contributed by atoms with Gasteiger partial charge in [0.1, 0.15) is 23.3 Å². The summed E-state index contributed by atoms with van der Waals surface area (Å²) < 4.78 is 32.1. The molecule has 0 aliphatic carbocycles. The van der Waals surface area contributed by atoms with Gasteiger partial charge in [0.25, 0.3) is 0 Å². The van der Waals surface area contributed by atoms with Gasteiger partial charge in [-0.05, 0) is 37.6 Å². The summed E-state index contributed by atoms with van der Waals surface area (Å²) in [5.74, 6) is 0.994. The lowest BCUT2D eigenvalue weighted by Gasteiger charge is -2.13. The van der Waals surface area contributed by atoms with Gasteiger partial charge in [0.05, 0.1) is 19.1 Å². The number of methoxy groups -OCH3 is 1. The predicted octanol–water partition coefficient (Wildman–Crippen LogP) is 5.52. The summed E-state index contributed by atoms with van der Waals surface area (Å²) in [5, 5.41) is 1.87. The van der Waals surface area contributed by atoms with Gasteiger partial charge in [0, 0.05) is 28.0 Å². The summed E-state index contributed by atoms with van der Waals surface area (Å²) >= 11 is 3.39. The average Bonchev–Trinajstić information content (AvgIpc) is 3.11. The highest BCUT2D eigenvalue weighted by Gasteiger charge is 2.17. The number of hydrogen-bond acceptors (Lipinski definition) is 5. The van der Waals surface area contributed by atoms with Crippen molar-refractivity contribution in [3.8, 4) is 23.1 Å². The van der Waals surface area contributed by atoms with Crippen LogP contribution in [0.25, 0.3) is 21.8 Å². The Morgan fingerprint density at radius 3 is 2.76 bits per heavy atom. The second-order valence-corrected chi connectivity index (χ2v) is 7.28. The lowest BCUT2D eigenvalue weighted by Crippen LogP contribution is -2.01. The topological polar surface area (TPSA) is 69.3 Å². The van der Waals surface area contributed by atoms with Crippen molar-refractivity contribution in [3.05, 3.63) is 48.2 Å². The van der Waals surface area contributed by atoms with E-state index in [0.29, 0.717) is 39.9 Å². The summed E-state index contributed by atoms with van der Waals surface area (Å²) in [4.78, 5) is 11.7. The van der Waals surface area contributed by atoms with Gasteiger partial charge in [-0.15, -0.1) is 0 Å². The summed E-state index contributed by atoms with van der Waals surface area (Å²) in [6.07, 6.45) is 2.22. The highest BCUT2D eigenvalue weighted by Crippen LogP contribution is 2.37. The normalized spacial score (nSPS) is 11.2. The molecule has 0 saturated heterocycles. The van der Waals surface area contributed by atoms with Crippen LogP contribution >= 0.6 is 15.9 Å². The van der Waals surface area contributed by atoms with Crippen LogP contribution in [0.4, 0.5) is 4.39 Å². The standard InChI is InChI=1S/C21H19BrFN3O3/c1-12-8-14-16(26-12)4-5-17(19(14)23)29-21-15-9-13(27-2)10-18(28-7-3-6-22)20(15)24-11-25-21/h4-5,8-11,26H,3,6-7H2,1-2H3. The molecule has 0 radical (unpaired) electrons. The zero-order chi connectivity index (χ0) is 20.4. The maximum absolute atomic E-state index is 15.0. The second kappa shape index (κ2) is 8.24. The van der Waals surface area contributed by atoms with E-state index in [4.69, 9.17) is 14.2 Å². The van der Waals surface area contributed by atoms with E-state index in [2.05, 4.69) is 30.9 Å². The maximum Gasteiger partial charge on any atom is 0.230 e. The van der Waals surface area contributed by atoms with Gasteiger partial charge in [0.2, 0.25) is 5.88 Å². The van der Waals surface area contributed by atoms with Crippen LogP contribution in [0.3, 0.4) is 0 Å². The van der Waals surface area contributed by atoms with Crippen molar-refractivity contribution in [3.63, 3.8) is 0 Å². The van der Waals surface area contributed by atoms with E-state index in [1.165, 1.54) is 6.33 Å². The average molecular weight is 460 g/mol. The van der Waals surface area contributed by atoms with Gasteiger partial charge in [-0.25, -0.2) is 14.4 Å². The fourth-order valence-electron chi connectivity index (χ4n) is 3.10. The second-order valence-electron chi connectivity index (χ2n) is 6.48. The minimum absolute atomic E-state index is 0.0843. The molecule has 2 aromatic carbocycles. The summed E-state index contributed by atoms with van der Waals surface area (Å²) in [5.41, 5.74) is 2.16. The van der Waals surface area contributed by atoms with Gasteiger partial charge < -0.3 is 19.2 Å². The van der Waals surface area contributed by atoms with E-state index in [9.17, 15) is 4.39 Å². The van der Waals surface area contributed by atoms with Crippen molar-refractivity contribution >= 4 is 37.7 Å². The smallest absolute Gasteiger partial charge is 0.230 e. The van der Waals surface area contributed by atoms with Crippen LogP contribution in [0.2, 0.25) is 0 Å². The number of aromatic amines is 1. The van der Waals surface area contributed by atoms with Crippen LogP contribution in [-0.4, -0.2) is 34.0 Å². The molecule has 4 rings (SSSR count). The van der Waals surface area contributed by atoms with Crippen LogP contribution in [0.5, 0.6) is 23.1 Å². The fraction of sp³-hybridized carbons (Fsp3) is 0.238. The molecule has 0 saturated carbocycles. The quantitative estimate of drug-likeness (QED) is 0.291. The molecular formula is C21H19BrFN3O3. The number of halogens is 2. The Labute approximate surface area is 175 Å². The molecule has 0 atom stereocenters. The highest BCUT2D eigenvalue weighted by atomic mass is 79.9. The number of hydrogen-bond donors (Lipinski definition) is 1. The molecule has 4 aromatic rings. The van der Waals surface area contributed by atoms with Crippen molar-refractivity contribution in [2.75, 3.05) is 19.0 Å². The van der Waals surface area contributed by atoms with E-state index >= 15 is 0 Å². The van der Waals surface area contributed by atoms with E-state index in [0.717, 1.165) is 17.4 Å². The van der Waals surface area contributed by atoms with Gasteiger partial charge in [-0.2, -0.15) is 0 Å². The molecule has 0 fully saturated rings. The minimum atomic E-state index is -0.449. The summed E-state index contributed by atoms with van der Waals surface area (Å²) in [6.45, 7) is 2.40. The van der Waals surface area contributed by atoms with E-state index in [1.807, 2.05) is 6.92 Å². The molecule has 0 bridgehead atoms. The molecule has 2 aromatic heterocycles. The molecule has 0 spiro atoms. The number of aromatic nitrogens is 3. The maximum atomic E-state index is 15.0. The number of rotatable bonds is 7. The molecule has 8 heteroatoms. The number of aryl methyl sites for hydroxylation is 1. The molecule has 29 heavy (non-hydrogen) atoms. The highest BCUT2D eigenvalue weighted by molar-refractivity contribution is 9.09. The monoisotopic (exact) mass is 459 g/mol. The minimum Gasteiger partial charge on any atom is -0.497 e. The fourth-order valence-corrected chi connectivity index (χ4v) is 3.33. The Balaban J connectivity index is 1.77. The molecular weight excluding hydrogens is 441 g/mol. The number of nitrogens with zero attached hydrogens (tertiary/aromatic N) is 2. The Hall–Kier alpha value is -2.87. The van der Waals surface area contributed by atoms with Crippen molar-refractivity contribution in [1.29, 1.82) is 0 Å². The molecule has 0 aliphatic rings. The number of H-pyrrole nitrogens is 1. The van der Waals surface area contributed by atoms with Crippen molar-refractivity contribution in [1.82, 2.24) is 15.0 Å². The Morgan fingerprint density at radius 1 is 1.10 bits per heavy atom. The largest absolute Gasteiger partial charge is 0.497 e. The van der Waals surface area contributed by atoms with Crippen molar-refractivity contribution < 1.29 is 18.6 Å². The first-order valence-electron chi connectivity index (χ1n) is 9.08. The van der Waals surface area contributed by atoms with Gasteiger partial charge in [-0.1, -0.05) is 15.9 Å². The van der Waals surface area contributed by atoms with Crippen LogP contribution in [0.1, 0.15) is 12.1 Å². The van der Waals surface area contributed by atoms with Crippen LogP contribution in [-0.2, 0) is 0 Å². The van der Waals surface area contributed by atoms with Crippen LogP contribution < -0.4 is 14.2 Å². The Kier molecular flexibility index (Phi) is 5.53. The zero-order valence-electron chi connectivity index (χ0n) is 16.0. The zero-order valence-corrected chi connectivity index (χ0v) is 17.5. The van der Waals surface area contributed by atoms with E-state index < -0.39 is 5.82 Å². The molecule has 6 nitrogen and oxygen atoms in total. The van der Waals surface area contributed by atoms with Gasteiger partial charge in [-0.3, -0.25) is 0 Å². The third-order valence-corrected chi connectivity index (χ3v) is 5.02.